The van der Waals surface area contributed by atoms with Gasteiger partial charge in [-0.25, -0.2) is 0 Å². The highest BCUT2D eigenvalue weighted by Gasteiger charge is 2.48. The average Bonchev–Trinajstić information content (AvgIpc) is 2.41. The van der Waals surface area contributed by atoms with Gasteiger partial charge in [-0.3, -0.25) is 4.79 Å². The molecule has 0 unspecified atom stereocenters. The van der Waals surface area contributed by atoms with Gasteiger partial charge in [-0.1, -0.05) is 12.2 Å². The van der Waals surface area contributed by atoms with Crippen LogP contribution >= 0.6 is 0 Å². The van der Waals surface area contributed by atoms with E-state index in [1.807, 2.05) is 13.0 Å². The Bertz CT molecular complexity index is 232. The molecule has 1 fully saturated rings. The third-order valence-electron chi connectivity index (χ3n) is 2.70. The predicted molar refractivity (Wildman–Crippen MR) is 41.2 cm³/mol. The zero-order valence-electron chi connectivity index (χ0n) is 6.83. The fraction of sp³-hybridized carbons (Fsp3) is 0.667. The van der Waals surface area contributed by atoms with Crippen LogP contribution in [0, 0.1) is 5.92 Å². The molecule has 2 heterocycles. The highest BCUT2D eigenvalue weighted by Crippen LogP contribution is 2.42. The molecule has 0 aromatic carbocycles. The fourth-order valence-corrected chi connectivity index (χ4v) is 2.06. The van der Waals surface area contributed by atoms with Crippen LogP contribution < -0.4 is 0 Å². The number of Topliss-reactive ketones (excluding diaryl/α,β-unsaturated/α-hetero) is 1. The molecule has 2 nitrogen and oxygen atoms in total. The van der Waals surface area contributed by atoms with Crippen molar-refractivity contribution in [1.29, 1.82) is 0 Å². The third-order valence-corrected chi connectivity index (χ3v) is 2.70. The molecule has 0 saturated carbocycles. The lowest BCUT2D eigenvalue weighted by Crippen LogP contribution is -2.32. The van der Waals surface area contributed by atoms with Crippen LogP contribution in [0.2, 0.25) is 0 Å². The molecule has 1 saturated heterocycles. The number of ether oxygens (including phenoxy) is 1. The molecule has 0 aromatic heterocycles. The van der Waals surface area contributed by atoms with Crippen LogP contribution in [0.15, 0.2) is 12.2 Å². The smallest absolute Gasteiger partial charge is 0.136 e. The maximum absolute atomic E-state index is 11.1. The Kier molecular flexibility index (Phi) is 1.25. The molecule has 2 aliphatic heterocycles. The average molecular weight is 152 g/mol. The maximum Gasteiger partial charge on any atom is 0.136 e. The molecule has 0 spiro atoms. The van der Waals surface area contributed by atoms with E-state index in [2.05, 4.69) is 6.08 Å². The zero-order chi connectivity index (χ0) is 8.06. The van der Waals surface area contributed by atoms with Crippen molar-refractivity contribution in [3.05, 3.63) is 12.2 Å². The lowest BCUT2D eigenvalue weighted by molar-refractivity contribution is -0.123. The second-order valence-corrected chi connectivity index (χ2v) is 3.60. The summed E-state index contributed by atoms with van der Waals surface area (Å²) in [4.78, 5) is 11.1. The summed E-state index contributed by atoms with van der Waals surface area (Å²) >= 11 is 0. The molecule has 2 heteroatoms. The standard InChI is InChI=1S/C9H12O2/c1-6(10)8-5-7-3-4-9(8,2)11-7/h3-4,7-8H,5H2,1-2H3/t7-,8+,9+/m0/s1. The minimum absolute atomic E-state index is 0.0949. The van der Waals surface area contributed by atoms with Crippen LogP contribution in [0.5, 0.6) is 0 Å². The van der Waals surface area contributed by atoms with Gasteiger partial charge in [-0.05, 0) is 20.3 Å². The Balaban J connectivity index is 2.29. The van der Waals surface area contributed by atoms with Gasteiger partial charge in [-0.2, -0.15) is 0 Å². The second kappa shape index (κ2) is 1.95. The summed E-state index contributed by atoms with van der Waals surface area (Å²) in [5, 5.41) is 0. The van der Waals surface area contributed by atoms with Crippen molar-refractivity contribution in [2.24, 2.45) is 5.92 Å². The number of fused-ring (bicyclic) bond motifs is 2. The van der Waals surface area contributed by atoms with Gasteiger partial charge in [0.05, 0.1) is 17.6 Å². The van der Waals surface area contributed by atoms with E-state index in [0.717, 1.165) is 6.42 Å². The maximum atomic E-state index is 11.1. The lowest BCUT2D eigenvalue weighted by atomic mass is 9.82. The van der Waals surface area contributed by atoms with Gasteiger partial charge in [-0.15, -0.1) is 0 Å². The number of carbonyl (C=O) groups excluding carboxylic acids is 1. The first-order valence-electron chi connectivity index (χ1n) is 3.99. The molecule has 0 N–H and O–H groups in total. The molecule has 0 amide bonds. The van der Waals surface area contributed by atoms with Crippen LogP contribution in [0.3, 0.4) is 0 Å². The lowest BCUT2D eigenvalue weighted by Gasteiger charge is -2.23. The Labute approximate surface area is 66.2 Å². The molecule has 2 bridgehead atoms. The molecule has 11 heavy (non-hydrogen) atoms. The van der Waals surface area contributed by atoms with E-state index >= 15 is 0 Å². The van der Waals surface area contributed by atoms with Gasteiger partial charge in [0.2, 0.25) is 0 Å². The van der Waals surface area contributed by atoms with Crippen LogP contribution in [0.1, 0.15) is 20.3 Å². The van der Waals surface area contributed by atoms with E-state index in [9.17, 15) is 4.79 Å². The van der Waals surface area contributed by atoms with Crippen molar-refractivity contribution >= 4 is 5.78 Å². The summed E-state index contributed by atoms with van der Waals surface area (Å²) in [5.74, 6) is 0.344. The minimum Gasteiger partial charge on any atom is -0.363 e. The Hall–Kier alpha value is -0.630. The molecule has 2 aliphatic rings. The van der Waals surface area contributed by atoms with Crippen molar-refractivity contribution in [1.82, 2.24) is 0 Å². The van der Waals surface area contributed by atoms with E-state index in [1.54, 1.807) is 6.92 Å². The molecule has 0 aliphatic carbocycles. The van der Waals surface area contributed by atoms with Crippen molar-refractivity contribution < 1.29 is 9.53 Å². The Morgan fingerprint density at radius 3 is 2.73 bits per heavy atom. The van der Waals surface area contributed by atoms with E-state index in [4.69, 9.17) is 4.74 Å². The minimum atomic E-state index is -0.281. The van der Waals surface area contributed by atoms with Crippen molar-refractivity contribution in [2.75, 3.05) is 0 Å². The molecule has 0 radical (unpaired) electrons. The molecule has 60 valence electrons. The summed E-state index contributed by atoms with van der Waals surface area (Å²) < 4.78 is 5.60. The topological polar surface area (TPSA) is 26.3 Å². The Morgan fingerprint density at radius 1 is 1.73 bits per heavy atom. The van der Waals surface area contributed by atoms with Crippen LogP contribution in [0.25, 0.3) is 0 Å². The second-order valence-electron chi connectivity index (χ2n) is 3.60. The Morgan fingerprint density at radius 2 is 2.45 bits per heavy atom. The third kappa shape index (κ3) is 0.857. The normalized spacial score (nSPS) is 46.7. The summed E-state index contributed by atoms with van der Waals surface area (Å²) in [5.41, 5.74) is -0.281. The summed E-state index contributed by atoms with van der Waals surface area (Å²) in [6.07, 6.45) is 5.16. The van der Waals surface area contributed by atoms with Crippen LogP contribution in [-0.4, -0.2) is 17.5 Å². The molecule has 0 aromatic rings. The number of ketones is 1. The highest BCUT2D eigenvalue weighted by molar-refractivity contribution is 5.80. The largest absolute Gasteiger partial charge is 0.363 e. The molecular weight excluding hydrogens is 140 g/mol. The first kappa shape index (κ1) is 7.04. The summed E-state index contributed by atoms with van der Waals surface area (Å²) in [6, 6.07) is 0. The highest BCUT2D eigenvalue weighted by atomic mass is 16.5. The fourth-order valence-electron chi connectivity index (χ4n) is 2.06. The van der Waals surface area contributed by atoms with Gasteiger partial charge in [0.25, 0.3) is 0 Å². The van der Waals surface area contributed by atoms with Crippen LogP contribution in [-0.2, 0) is 9.53 Å². The zero-order valence-corrected chi connectivity index (χ0v) is 6.83. The van der Waals surface area contributed by atoms with E-state index in [1.165, 1.54) is 0 Å². The van der Waals surface area contributed by atoms with E-state index in [0.29, 0.717) is 0 Å². The van der Waals surface area contributed by atoms with Crippen molar-refractivity contribution in [3.63, 3.8) is 0 Å². The number of hydrogen-bond donors (Lipinski definition) is 0. The quantitative estimate of drug-likeness (QED) is 0.529. The first-order chi connectivity index (χ1) is 5.12. The van der Waals surface area contributed by atoms with E-state index in [-0.39, 0.29) is 23.4 Å². The van der Waals surface area contributed by atoms with Crippen molar-refractivity contribution in [2.45, 2.75) is 32.0 Å². The molecule has 2 rings (SSSR count). The van der Waals surface area contributed by atoms with Gasteiger partial charge in [0.1, 0.15) is 5.78 Å². The summed E-state index contributed by atoms with van der Waals surface area (Å²) in [6.45, 7) is 3.64. The van der Waals surface area contributed by atoms with Gasteiger partial charge in [0.15, 0.2) is 0 Å². The number of hydrogen-bond acceptors (Lipinski definition) is 2. The monoisotopic (exact) mass is 152 g/mol. The number of rotatable bonds is 1. The molecular formula is C9H12O2. The summed E-state index contributed by atoms with van der Waals surface area (Å²) in [7, 11) is 0. The molecule has 3 atom stereocenters. The van der Waals surface area contributed by atoms with Gasteiger partial charge < -0.3 is 4.74 Å². The van der Waals surface area contributed by atoms with Crippen LogP contribution in [0.4, 0.5) is 0 Å². The number of carbonyl (C=O) groups is 1. The first-order valence-corrected chi connectivity index (χ1v) is 3.99. The van der Waals surface area contributed by atoms with E-state index < -0.39 is 0 Å². The van der Waals surface area contributed by atoms with Gasteiger partial charge >= 0.3 is 0 Å². The predicted octanol–water partition coefficient (Wildman–Crippen LogP) is 1.31. The SMILES string of the molecule is CC(=O)[C@H]1C[C@@H]2C=C[C@@]1(C)O2. The van der Waals surface area contributed by atoms with Crippen molar-refractivity contribution in [3.8, 4) is 0 Å². The van der Waals surface area contributed by atoms with Gasteiger partial charge in [0, 0.05) is 0 Å².